The van der Waals surface area contributed by atoms with Crippen LogP contribution in [0.2, 0.25) is 5.02 Å². The average Bonchev–Trinajstić information content (AvgIpc) is 2.64. The summed E-state index contributed by atoms with van der Waals surface area (Å²) in [6.45, 7) is 0. The van der Waals surface area contributed by atoms with Gasteiger partial charge < -0.3 is 0 Å². The molecule has 1 N–H and O–H groups in total. The van der Waals surface area contributed by atoms with Crippen LogP contribution in [0.25, 0.3) is 0 Å². The molecule has 2 aromatic rings. The summed E-state index contributed by atoms with van der Waals surface area (Å²) >= 11 is 5.57. The van der Waals surface area contributed by atoms with Crippen molar-refractivity contribution >= 4 is 11.6 Å². The molecule has 0 atom stereocenters. The summed E-state index contributed by atoms with van der Waals surface area (Å²) in [5.41, 5.74) is 1.82. The van der Waals surface area contributed by atoms with Crippen LogP contribution in [0.4, 0.5) is 4.39 Å². The summed E-state index contributed by atoms with van der Waals surface area (Å²) in [5, 5.41) is 6.78. The zero-order valence-corrected chi connectivity index (χ0v) is 8.05. The SMILES string of the molecule is Fc1cc(Cc2ccn[nH]2)ccc1Cl. The third kappa shape index (κ3) is 1.93. The molecular formula is C10H8ClFN2. The lowest BCUT2D eigenvalue weighted by Crippen LogP contribution is -1.90. The number of hydrogen-bond donors (Lipinski definition) is 1. The zero-order chi connectivity index (χ0) is 9.97. The van der Waals surface area contributed by atoms with Gasteiger partial charge in [-0.15, -0.1) is 0 Å². The van der Waals surface area contributed by atoms with Gasteiger partial charge in [-0.3, -0.25) is 5.10 Å². The third-order valence-electron chi connectivity index (χ3n) is 1.94. The van der Waals surface area contributed by atoms with Crippen molar-refractivity contribution in [1.29, 1.82) is 0 Å². The largest absolute Gasteiger partial charge is 0.282 e. The van der Waals surface area contributed by atoms with E-state index in [9.17, 15) is 4.39 Å². The molecule has 72 valence electrons. The Kier molecular flexibility index (Phi) is 2.50. The van der Waals surface area contributed by atoms with Gasteiger partial charge in [-0.25, -0.2) is 4.39 Å². The number of hydrogen-bond acceptors (Lipinski definition) is 1. The Bertz CT molecular complexity index is 426. The maximum Gasteiger partial charge on any atom is 0.142 e. The maximum atomic E-state index is 13.1. The Morgan fingerprint density at radius 2 is 2.21 bits per heavy atom. The molecule has 0 bridgehead atoms. The van der Waals surface area contributed by atoms with Gasteiger partial charge in [0, 0.05) is 18.3 Å². The molecular weight excluding hydrogens is 203 g/mol. The molecule has 2 rings (SSSR count). The fraction of sp³-hybridized carbons (Fsp3) is 0.100. The number of H-pyrrole nitrogens is 1. The molecule has 1 aromatic carbocycles. The van der Waals surface area contributed by atoms with Gasteiger partial charge >= 0.3 is 0 Å². The monoisotopic (exact) mass is 210 g/mol. The summed E-state index contributed by atoms with van der Waals surface area (Å²) in [6.07, 6.45) is 2.30. The number of halogens is 2. The Morgan fingerprint density at radius 1 is 1.36 bits per heavy atom. The van der Waals surface area contributed by atoms with Crippen LogP contribution in [0, 0.1) is 5.82 Å². The molecule has 4 heteroatoms. The van der Waals surface area contributed by atoms with Crippen LogP contribution < -0.4 is 0 Å². The van der Waals surface area contributed by atoms with Gasteiger partial charge in [-0.2, -0.15) is 5.10 Å². The molecule has 1 aromatic heterocycles. The van der Waals surface area contributed by atoms with Crippen molar-refractivity contribution in [2.24, 2.45) is 0 Å². The van der Waals surface area contributed by atoms with E-state index in [1.54, 1.807) is 18.3 Å². The second-order valence-electron chi connectivity index (χ2n) is 3.01. The standard InChI is InChI=1S/C10H8ClFN2/c11-9-2-1-7(6-10(9)12)5-8-3-4-13-14-8/h1-4,6H,5H2,(H,13,14). The molecule has 0 aliphatic heterocycles. The van der Waals surface area contributed by atoms with Gasteiger partial charge in [0.05, 0.1) is 5.02 Å². The Labute approximate surface area is 85.7 Å². The van der Waals surface area contributed by atoms with Gasteiger partial charge in [0.1, 0.15) is 5.82 Å². The van der Waals surface area contributed by atoms with Crippen LogP contribution >= 0.6 is 11.6 Å². The zero-order valence-electron chi connectivity index (χ0n) is 7.30. The summed E-state index contributed by atoms with van der Waals surface area (Å²) in [7, 11) is 0. The fourth-order valence-electron chi connectivity index (χ4n) is 1.25. The van der Waals surface area contributed by atoms with E-state index in [0.717, 1.165) is 11.3 Å². The highest BCUT2D eigenvalue weighted by molar-refractivity contribution is 6.30. The Hall–Kier alpha value is -1.35. The number of nitrogens with one attached hydrogen (secondary N) is 1. The summed E-state index contributed by atoms with van der Waals surface area (Å²) in [6, 6.07) is 6.64. The molecule has 0 saturated carbocycles. The van der Waals surface area contributed by atoms with E-state index in [2.05, 4.69) is 10.2 Å². The lowest BCUT2D eigenvalue weighted by molar-refractivity contribution is 0.626. The molecule has 0 spiro atoms. The van der Waals surface area contributed by atoms with E-state index < -0.39 is 0 Å². The minimum absolute atomic E-state index is 0.151. The van der Waals surface area contributed by atoms with Crippen LogP contribution in [0.3, 0.4) is 0 Å². The van der Waals surface area contributed by atoms with Crippen LogP contribution in [-0.4, -0.2) is 10.2 Å². The first-order valence-electron chi connectivity index (χ1n) is 4.18. The number of nitrogens with zero attached hydrogens (tertiary/aromatic N) is 1. The molecule has 0 radical (unpaired) electrons. The van der Waals surface area contributed by atoms with Crippen LogP contribution in [-0.2, 0) is 6.42 Å². The van der Waals surface area contributed by atoms with Gasteiger partial charge in [0.15, 0.2) is 0 Å². The van der Waals surface area contributed by atoms with E-state index in [0.29, 0.717) is 6.42 Å². The normalized spacial score (nSPS) is 10.4. The predicted molar refractivity (Wildman–Crippen MR) is 52.8 cm³/mol. The van der Waals surface area contributed by atoms with Gasteiger partial charge in [-0.05, 0) is 23.8 Å². The smallest absolute Gasteiger partial charge is 0.142 e. The molecule has 0 amide bonds. The van der Waals surface area contributed by atoms with Gasteiger partial charge in [0.25, 0.3) is 0 Å². The molecule has 14 heavy (non-hydrogen) atoms. The second kappa shape index (κ2) is 3.80. The lowest BCUT2D eigenvalue weighted by Gasteiger charge is -2.00. The first kappa shape index (κ1) is 9.21. The highest BCUT2D eigenvalue weighted by Crippen LogP contribution is 2.17. The topological polar surface area (TPSA) is 28.7 Å². The van der Waals surface area contributed by atoms with Crippen molar-refractivity contribution in [2.75, 3.05) is 0 Å². The number of aromatic amines is 1. The molecule has 2 nitrogen and oxygen atoms in total. The van der Waals surface area contributed by atoms with E-state index in [1.807, 2.05) is 6.07 Å². The molecule has 0 fully saturated rings. The Balaban J connectivity index is 2.22. The highest BCUT2D eigenvalue weighted by Gasteiger charge is 2.02. The first-order chi connectivity index (χ1) is 6.75. The van der Waals surface area contributed by atoms with E-state index in [1.165, 1.54) is 6.07 Å². The van der Waals surface area contributed by atoms with Crippen molar-refractivity contribution in [3.8, 4) is 0 Å². The van der Waals surface area contributed by atoms with Crippen molar-refractivity contribution in [3.05, 3.63) is 52.6 Å². The van der Waals surface area contributed by atoms with Crippen LogP contribution in [0.5, 0.6) is 0 Å². The van der Waals surface area contributed by atoms with Gasteiger partial charge in [0.2, 0.25) is 0 Å². The quantitative estimate of drug-likeness (QED) is 0.811. The van der Waals surface area contributed by atoms with Gasteiger partial charge in [-0.1, -0.05) is 17.7 Å². The fourth-order valence-corrected chi connectivity index (χ4v) is 1.37. The number of aromatic nitrogens is 2. The minimum Gasteiger partial charge on any atom is -0.282 e. The average molecular weight is 211 g/mol. The second-order valence-corrected chi connectivity index (χ2v) is 3.41. The van der Waals surface area contributed by atoms with Crippen molar-refractivity contribution in [2.45, 2.75) is 6.42 Å². The van der Waals surface area contributed by atoms with Crippen molar-refractivity contribution in [1.82, 2.24) is 10.2 Å². The van der Waals surface area contributed by atoms with E-state index in [4.69, 9.17) is 11.6 Å². The van der Waals surface area contributed by atoms with E-state index >= 15 is 0 Å². The Morgan fingerprint density at radius 3 is 2.86 bits per heavy atom. The highest BCUT2D eigenvalue weighted by atomic mass is 35.5. The minimum atomic E-state index is -0.385. The van der Waals surface area contributed by atoms with Crippen LogP contribution in [0.15, 0.2) is 30.5 Å². The lowest BCUT2D eigenvalue weighted by atomic mass is 10.1. The van der Waals surface area contributed by atoms with E-state index in [-0.39, 0.29) is 10.8 Å². The molecule has 0 aliphatic rings. The molecule has 1 heterocycles. The van der Waals surface area contributed by atoms with Crippen molar-refractivity contribution < 1.29 is 4.39 Å². The molecule has 0 saturated heterocycles. The summed E-state index contributed by atoms with van der Waals surface area (Å²) in [4.78, 5) is 0. The number of rotatable bonds is 2. The predicted octanol–water partition coefficient (Wildman–Crippen LogP) is 2.79. The molecule has 0 unspecified atom stereocenters. The summed E-state index contributed by atoms with van der Waals surface area (Å²) < 4.78 is 13.1. The van der Waals surface area contributed by atoms with Crippen LogP contribution in [0.1, 0.15) is 11.3 Å². The molecule has 0 aliphatic carbocycles. The summed E-state index contributed by atoms with van der Waals surface area (Å²) in [5.74, 6) is -0.385. The number of benzene rings is 1. The maximum absolute atomic E-state index is 13.1. The first-order valence-corrected chi connectivity index (χ1v) is 4.55. The van der Waals surface area contributed by atoms with Crippen molar-refractivity contribution in [3.63, 3.8) is 0 Å². The third-order valence-corrected chi connectivity index (χ3v) is 2.24.